The van der Waals surface area contributed by atoms with Crippen LogP contribution in [0.1, 0.15) is 45.2 Å². The molecule has 1 saturated heterocycles. The number of carbonyl (C=O) groups is 1. The van der Waals surface area contributed by atoms with Crippen LogP contribution in [0, 0.1) is 5.92 Å². The van der Waals surface area contributed by atoms with Crippen LogP contribution in [0.4, 0.5) is 0 Å². The zero-order valence-corrected chi connectivity index (χ0v) is 14.0. The molecule has 1 aliphatic heterocycles. The molecule has 3 N–H and O–H groups in total. The lowest BCUT2D eigenvalue weighted by Gasteiger charge is -2.37. The number of nitrogens with zero attached hydrogens (tertiary/aromatic N) is 1. The van der Waals surface area contributed by atoms with Gasteiger partial charge in [-0.15, -0.1) is 0 Å². The Morgan fingerprint density at radius 3 is 2.32 bits per heavy atom. The molecule has 0 bridgehead atoms. The van der Waals surface area contributed by atoms with E-state index < -0.39 is 0 Å². The van der Waals surface area contributed by atoms with E-state index >= 15 is 0 Å². The molecule has 1 aromatic carbocycles. The van der Waals surface area contributed by atoms with E-state index in [0.29, 0.717) is 6.04 Å². The first-order valence-electron chi connectivity index (χ1n) is 8.34. The molecular formula is C18H29N3O. The van der Waals surface area contributed by atoms with Gasteiger partial charge < -0.3 is 11.1 Å². The summed E-state index contributed by atoms with van der Waals surface area (Å²) in [5.41, 5.74) is 7.16. The van der Waals surface area contributed by atoms with Crippen LogP contribution in [0.5, 0.6) is 0 Å². The molecule has 122 valence electrons. The summed E-state index contributed by atoms with van der Waals surface area (Å²) < 4.78 is 0. The van der Waals surface area contributed by atoms with E-state index in [1.54, 1.807) is 0 Å². The van der Waals surface area contributed by atoms with Crippen LogP contribution in [0.3, 0.4) is 0 Å². The molecule has 1 heterocycles. The molecule has 2 rings (SSSR count). The second-order valence-corrected chi connectivity index (χ2v) is 6.55. The average Bonchev–Trinajstić information content (AvgIpc) is 2.54. The summed E-state index contributed by atoms with van der Waals surface area (Å²) in [5, 5.41) is 3.15. The van der Waals surface area contributed by atoms with Gasteiger partial charge in [0.25, 0.3) is 0 Å². The Balaban J connectivity index is 1.82. The Labute approximate surface area is 134 Å². The smallest absolute Gasteiger partial charge is 0.224 e. The lowest BCUT2D eigenvalue weighted by molar-refractivity contribution is -0.126. The summed E-state index contributed by atoms with van der Waals surface area (Å²) in [6, 6.07) is 11.2. The Hall–Kier alpha value is -1.39. The van der Waals surface area contributed by atoms with E-state index in [1.807, 2.05) is 13.8 Å². The van der Waals surface area contributed by atoms with Crippen LogP contribution in [0.2, 0.25) is 0 Å². The monoisotopic (exact) mass is 303 g/mol. The van der Waals surface area contributed by atoms with Crippen molar-refractivity contribution in [2.24, 2.45) is 11.7 Å². The minimum Gasteiger partial charge on any atom is -0.353 e. The number of rotatable bonds is 5. The van der Waals surface area contributed by atoms with Gasteiger partial charge in [-0.25, -0.2) is 0 Å². The Bertz CT molecular complexity index is 466. The number of hydrogen-bond donors (Lipinski definition) is 2. The quantitative estimate of drug-likeness (QED) is 0.877. The zero-order chi connectivity index (χ0) is 16.1. The first kappa shape index (κ1) is 17.0. The van der Waals surface area contributed by atoms with Crippen molar-refractivity contribution in [3.8, 4) is 0 Å². The summed E-state index contributed by atoms with van der Waals surface area (Å²) in [4.78, 5) is 14.6. The molecule has 1 fully saturated rings. The number of nitrogens with one attached hydrogen (secondary N) is 1. The first-order valence-corrected chi connectivity index (χ1v) is 8.34. The maximum atomic E-state index is 12.1. The average molecular weight is 303 g/mol. The maximum Gasteiger partial charge on any atom is 0.224 e. The number of piperidine rings is 1. The van der Waals surface area contributed by atoms with E-state index in [1.165, 1.54) is 5.56 Å². The molecule has 1 aromatic rings. The Morgan fingerprint density at radius 2 is 1.77 bits per heavy atom. The first-order chi connectivity index (χ1) is 10.5. The van der Waals surface area contributed by atoms with E-state index in [-0.39, 0.29) is 23.9 Å². The fraction of sp³-hybridized carbons (Fsp3) is 0.611. The fourth-order valence-corrected chi connectivity index (χ4v) is 2.94. The van der Waals surface area contributed by atoms with Gasteiger partial charge in [0.05, 0.1) is 0 Å². The second-order valence-electron chi connectivity index (χ2n) is 6.55. The Morgan fingerprint density at radius 1 is 1.18 bits per heavy atom. The molecule has 0 radical (unpaired) electrons. The number of carbonyl (C=O) groups excluding carboxylic acids is 1. The van der Waals surface area contributed by atoms with Crippen molar-refractivity contribution in [3.05, 3.63) is 35.9 Å². The predicted molar refractivity (Wildman–Crippen MR) is 90.4 cm³/mol. The van der Waals surface area contributed by atoms with Crippen molar-refractivity contribution < 1.29 is 4.79 Å². The minimum atomic E-state index is -0.124. The van der Waals surface area contributed by atoms with Crippen molar-refractivity contribution in [1.82, 2.24) is 10.2 Å². The van der Waals surface area contributed by atoms with Crippen LogP contribution >= 0.6 is 0 Å². The van der Waals surface area contributed by atoms with Crippen molar-refractivity contribution in [2.45, 2.75) is 51.7 Å². The molecule has 4 nitrogen and oxygen atoms in total. The van der Waals surface area contributed by atoms with Gasteiger partial charge in [0.15, 0.2) is 0 Å². The topological polar surface area (TPSA) is 58.4 Å². The summed E-state index contributed by atoms with van der Waals surface area (Å²) in [5.74, 6) is -0.0363. The standard InChI is InChI=1S/C18H29N3O/c1-13(14(2)19)18(22)20-17-9-11-21(12-10-17)15(3)16-7-5-4-6-8-16/h4-8,13-15,17H,9-12,19H2,1-3H3,(H,20,22). The van der Waals surface area contributed by atoms with E-state index in [2.05, 4.69) is 47.5 Å². The summed E-state index contributed by atoms with van der Waals surface area (Å²) in [6.07, 6.45) is 2.02. The molecule has 1 amide bonds. The number of hydrogen-bond acceptors (Lipinski definition) is 3. The van der Waals surface area contributed by atoms with Gasteiger partial charge in [-0.1, -0.05) is 37.3 Å². The number of benzene rings is 1. The van der Waals surface area contributed by atoms with Crippen molar-refractivity contribution >= 4 is 5.91 Å². The molecule has 0 aromatic heterocycles. The lowest BCUT2D eigenvalue weighted by atomic mass is 9.98. The van der Waals surface area contributed by atoms with Crippen LogP contribution in [-0.4, -0.2) is 36.0 Å². The van der Waals surface area contributed by atoms with E-state index in [9.17, 15) is 4.79 Å². The largest absolute Gasteiger partial charge is 0.353 e. The molecule has 1 aliphatic rings. The highest BCUT2D eigenvalue weighted by Crippen LogP contribution is 2.24. The SMILES string of the molecule is CC(N)C(C)C(=O)NC1CCN(C(C)c2ccccc2)CC1. The second kappa shape index (κ2) is 7.75. The molecule has 22 heavy (non-hydrogen) atoms. The van der Waals surface area contributed by atoms with Gasteiger partial charge in [0.2, 0.25) is 5.91 Å². The highest BCUT2D eigenvalue weighted by atomic mass is 16.1. The third-order valence-corrected chi connectivity index (χ3v) is 4.91. The molecule has 3 atom stereocenters. The van der Waals surface area contributed by atoms with Crippen LogP contribution in [0.15, 0.2) is 30.3 Å². The van der Waals surface area contributed by atoms with Gasteiger partial charge in [-0.3, -0.25) is 9.69 Å². The van der Waals surface area contributed by atoms with Crippen molar-refractivity contribution in [2.75, 3.05) is 13.1 Å². The van der Waals surface area contributed by atoms with E-state index in [4.69, 9.17) is 5.73 Å². The summed E-state index contributed by atoms with van der Waals surface area (Å²) >= 11 is 0. The highest BCUT2D eigenvalue weighted by molar-refractivity contribution is 5.79. The van der Waals surface area contributed by atoms with Gasteiger partial charge in [0, 0.05) is 37.1 Å². The lowest BCUT2D eigenvalue weighted by Crippen LogP contribution is -2.48. The number of likely N-dealkylation sites (tertiary alicyclic amines) is 1. The van der Waals surface area contributed by atoms with Gasteiger partial charge >= 0.3 is 0 Å². The van der Waals surface area contributed by atoms with Crippen molar-refractivity contribution in [3.63, 3.8) is 0 Å². The summed E-state index contributed by atoms with van der Waals surface area (Å²) in [6.45, 7) is 8.08. The predicted octanol–water partition coefficient (Wildman–Crippen LogP) is 2.31. The number of nitrogens with two attached hydrogens (primary N) is 1. The number of amides is 1. The van der Waals surface area contributed by atoms with Crippen LogP contribution < -0.4 is 11.1 Å². The zero-order valence-electron chi connectivity index (χ0n) is 14.0. The molecule has 0 aliphatic carbocycles. The molecule has 4 heteroatoms. The van der Waals surface area contributed by atoms with Gasteiger partial charge in [0.1, 0.15) is 0 Å². The minimum absolute atomic E-state index is 0.0876. The molecule has 0 saturated carbocycles. The van der Waals surface area contributed by atoms with Gasteiger partial charge in [-0.05, 0) is 32.3 Å². The van der Waals surface area contributed by atoms with Gasteiger partial charge in [-0.2, -0.15) is 0 Å². The summed E-state index contributed by atoms with van der Waals surface area (Å²) in [7, 11) is 0. The van der Waals surface area contributed by atoms with Crippen LogP contribution in [-0.2, 0) is 4.79 Å². The Kier molecular flexibility index (Phi) is 5.98. The molecular weight excluding hydrogens is 274 g/mol. The maximum absolute atomic E-state index is 12.1. The molecule has 0 spiro atoms. The van der Waals surface area contributed by atoms with Crippen molar-refractivity contribution in [1.29, 1.82) is 0 Å². The van der Waals surface area contributed by atoms with Crippen LogP contribution in [0.25, 0.3) is 0 Å². The van der Waals surface area contributed by atoms with E-state index in [0.717, 1.165) is 25.9 Å². The third kappa shape index (κ3) is 4.31. The third-order valence-electron chi connectivity index (χ3n) is 4.91. The molecule has 3 unspecified atom stereocenters. The normalized spacial score (nSPS) is 21.1. The fourth-order valence-electron chi connectivity index (χ4n) is 2.94. The highest BCUT2D eigenvalue weighted by Gasteiger charge is 2.26.